The van der Waals surface area contributed by atoms with Crippen molar-refractivity contribution in [2.45, 2.75) is 0 Å². The quantitative estimate of drug-likeness (QED) is 0.885. The number of methoxy groups -OCH3 is 1. The van der Waals surface area contributed by atoms with Gasteiger partial charge in [-0.05, 0) is 12.1 Å². The molecule has 0 bridgehead atoms. The van der Waals surface area contributed by atoms with Gasteiger partial charge in [0.2, 0.25) is 0 Å². The number of rotatable bonds is 2. The third kappa shape index (κ3) is 4.60. The Hall–Kier alpha value is -0.680. The Kier molecular flexibility index (Phi) is 10.3. The van der Waals surface area contributed by atoms with Crippen LogP contribution in [0.4, 0.5) is 5.69 Å². The van der Waals surface area contributed by atoms with Crippen molar-refractivity contribution >= 4 is 30.5 Å². The van der Waals surface area contributed by atoms with Gasteiger partial charge in [-0.25, -0.2) is 0 Å². The number of piperazine rings is 1. The molecule has 1 aliphatic rings. The van der Waals surface area contributed by atoms with E-state index < -0.39 is 0 Å². The Morgan fingerprint density at radius 1 is 1.12 bits per heavy atom. The molecule has 0 atom stereocenters. The monoisotopic (exact) mass is 282 g/mol. The highest BCUT2D eigenvalue weighted by Gasteiger charge is 2.13. The molecule has 0 unspecified atom stereocenters. The average Bonchev–Trinajstić information content (AvgIpc) is 2.30. The predicted molar refractivity (Wildman–Crippen MR) is 76.2 cm³/mol. The van der Waals surface area contributed by atoms with Gasteiger partial charge in [-0.3, -0.25) is 0 Å². The van der Waals surface area contributed by atoms with Crippen LogP contribution in [0.3, 0.4) is 0 Å². The third-order valence-electron chi connectivity index (χ3n) is 2.54. The topological polar surface area (TPSA) is 56.0 Å². The minimum Gasteiger partial charge on any atom is -0.495 e. The third-order valence-corrected chi connectivity index (χ3v) is 2.54. The fourth-order valence-electron chi connectivity index (χ4n) is 1.80. The summed E-state index contributed by atoms with van der Waals surface area (Å²) in [6.45, 7) is 4.22. The standard InChI is InChI=1S/C11H16N2O.2ClH.H2O/c1-14-11-5-3-2-4-10(11)13-8-6-12-7-9-13;;;/h2-5,12H,6-9H2,1H3;2*1H;1H2. The van der Waals surface area contributed by atoms with Gasteiger partial charge >= 0.3 is 0 Å². The Labute approximate surface area is 114 Å². The Bertz CT molecular complexity index is 307. The normalized spacial score (nSPS) is 13.8. The largest absolute Gasteiger partial charge is 0.495 e. The van der Waals surface area contributed by atoms with Crippen molar-refractivity contribution in [3.05, 3.63) is 24.3 Å². The molecular weight excluding hydrogens is 263 g/mol. The second kappa shape index (κ2) is 9.36. The molecule has 17 heavy (non-hydrogen) atoms. The zero-order valence-corrected chi connectivity index (χ0v) is 11.4. The summed E-state index contributed by atoms with van der Waals surface area (Å²) < 4.78 is 5.34. The first-order valence-electron chi connectivity index (χ1n) is 5.00. The number of ether oxygens (including phenoxy) is 1. The van der Waals surface area contributed by atoms with Crippen molar-refractivity contribution in [1.29, 1.82) is 0 Å². The van der Waals surface area contributed by atoms with Crippen LogP contribution in [0.15, 0.2) is 24.3 Å². The first-order chi connectivity index (χ1) is 6.92. The van der Waals surface area contributed by atoms with Crippen LogP contribution in [0.25, 0.3) is 0 Å². The number of benzene rings is 1. The van der Waals surface area contributed by atoms with E-state index in [0.29, 0.717) is 0 Å². The first-order valence-corrected chi connectivity index (χ1v) is 5.00. The molecule has 3 N–H and O–H groups in total. The summed E-state index contributed by atoms with van der Waals surface area (Å²) in [4.78, 5) is 2.36. The molecule has 0 saturated carbocycles. The molecule has 1 heterocycles. The number of nitrogens with one attached hydrogen (secondary N) is 1. The lowest BCUT2D eigenvalue weighted by molar-refractivity contribution is 0.413. The molecule has 1 aliphatic heterocycles. The number of hydrogen-bond acceptors (Lipinski definition) is 3. The molecule has 0 aliphatic carbocycles. The van der Waals surface area contributed by atoms with Crippen molar-refractivity contribution in [1.82, 2.24) is 5.32 Å². The molecule has 0 amide bonds. The van der Waals surface area contributed by atoms with Crippen LogP contribution < -0.4 is 15.0 Å². The van der Waals surface area contributed by atoms with Gasteiger partial charge < -0.3 is 20.4 Å². The Balaban J connectivity index is 0. The SMILES string of the molecule is COc1ccccc1N1CCNCC1.Cl.Cl.O. The van der Waals surface area contributed by atoms with Gasteiger partial charge in [0.1, 0.15) is 5.75 Å². The molecule has 1 aromatic rings. The molecule has 1 saturated heterocycles. The van der Waals surface area contributed by atoms with Crippen LogP contribution in [0.5, 0.6) is 5.75 Å². The first kappa shape index (κ1) is 18.7. The van der Waals surface area contributed by atoms with E-state index in [2.05, 4.69) is 22.3 Å². The van der Waals surface area contributed by atoms with Crippen LogP contribution in [-0.4, -0.2) is 38.8 Å². The molecule has 2 rings (SSSR count). The maximum Gasteiger partial charge on any atom is 0.142 e. The average molecular weight is 283 g/mol. The highest BCUT2D eigenvalue weighted by atomic mass is 35.5. The maximum atomic E-state index is 5.34. The lowest BCUT2D eigenvalue weighted by Crippen LogP contribution is -2.43. The van der Waals surface area contributed by atoms with E-state index in [9.17, 15) is 0 Å². The van der Waals surface area contributed by atoms with E-state index in [1.165, 1.54) is 5.69 Å². The van der Waals surface area contributed by atoms with E-state index in [1.807, 2.05) is 12.1 Å². The van der Waals surface area contributed by atoms with Crippen molar-refractivity contribution in [2.24, 2.45) is 0 Å². The number of halogens is 2. The van der Waals surface area contributed by atoms with E-state index in [0.717, 1.165) is 31.9 Å². The molecule has 0 aromatic heterocycles. The summed E-state index contributed by atoms with van der Waals surface area (Å²) in [7, 11) is 1.72. The second-order valence-corrected chi connectivity index (χ2v) is 3.41. The van der Waals surface area contributed by atoms with E-state index in [4.69, 9.17) is 4.74 Å². The van der Waals surface area contributed by atoms with Gasteiger partial charge in [0.05, 0.1) is 12.8 Å². The predicted octanol–water partition coefficient (Wildman–Crippen LogP) is 1.12. The summed E-state index contributed by atoms with van der Waals surface area (Å²) in [6, 6.07) is 8.19. The highest BCUT2D eigenvalue weighted by Crippen LogP contribution is 2.27. The smallest absolute Gasteiger partial charge is 0.142 e. The van der Waals surface area contributed by atoms with Gasteiger partial charge in [0, 0.05) is 26.2 Å². The molecule has 1 fully saturated rings. The zero-order chi connectivity index (χ0) is 9.80. The fraction of sp³-hybridized carbons (Fsp3) is 0.455. The van der Waals surface area contributed by atoms with Crippen molar-refractivity contribution in [3.8, 4) is 5.75 Å². The Morgan fingerprint density at radius 3 is 2.29 bits per heavy atom. The molecule has 0 radical (unpaired) electrons. The summed E-state index contributed by atoms with van der Waals surface area (Å²) in [5, 5.41) is 3.34. The van der Waals surface area contributed by atoms with Gasteiger partial charge in [-0.15, -0.1) is 24.8 Å². The molecule has 6 heteroatoms. The van der Waals surface area contributed by atoms with E-state index >= 15 is 0 Å². The molecule has 0 spiro atoms. The lowest BCUT2D eigenvalue weighted by Gasteiger charge is -2.30. The summed E-state index contributed by atoms with van der Waals surface area (Å²) in [6.07, 6.45) is 0. The van der Waals surface area contributed by atoms with E-state index in [-0.39, 0.29) is 30.3 Å². The van der Waals surface area contributed by atoms with Crippen LogP contribution >= 0.6 is 24.8 Å². The van der Waals surface area contributed by atoms with Gasteiger partial charge in [0.25, 0.3) is 0 Å². The molecule has 1 aromatic carbocycles. The fourth-order valence-corrected chi connectivity index (χ4v) is 1.80. The van der Waals surface area contributed by atoms with Crippen molar-refractivity contribution in [2.75, 3.05) is 38.2 Å². The molecule has 4 nitrogen and oxygen atoms in total. The van der Waals surface area contributed by atoms with Gasteiger partial charge in [-0.1, -0.05) is 12.1 Å². The number of anilines is 1. The zero-order valence-electron chi connectivity index (χ0n) is 9.81. The summed E-state index contributed by atoms with van der Waals surface area (Å²) in [5.74, 6) is 0.967. The van der Waals surface area contributed by atoms with Gasteiger partial charge in [0.15, 0.2) is 0 Å². The lowest BCUT2D eigenvalue weighted by atomic mass is 10.2. The summed E-state index contributed by atoms with van der Waals surface area (Å²) in [5.41, 5.74) is 1.21. The number of para-hydroxylation sites is 2. The minimum absolute atomic E-state index is 0. The molecular formula is C11H20Cl2N2O2. The van der Waals surface area contributed by atoms with Gasteiger partial charge in [-0.2, -0.15) is 0 Å². The Morgan fingerprint density at radius 2 is 1.71 bits per heavy atom. The van der Waals surface area contributed by atoms with Crippen molar-refractivity contribution in [3.63, 3.8) is 0 Å². The second-order valence-electron chi connectivity index (χ2n) is 3.41. The summed E-state index contributed by atoms with van der Waals surface area (Å²) >= 11 is 0. The number of hydrogen-bond donors (Lipinski definition) is 1. The minimum atomic E-state index is 0. The van der Waals surface area contributed by atoms with Crippen molar-refractivity contribution < 1.29 is 10.2 Å². The molecule has 100 valence electrons. The number of nitrogens with zero attached hydrogens (tertiary/aromatic N) is 1. The van der Waals surface area contributed by atoms with Crippen LogP contribution in [-0.2, 0) is 0 Å². The maximum absolute atomic E-state index is 5.34. The van der Waals surface area contributed by atoms with Crippen LogP contribution in [0.1, 0.15) is 0 Å². The van der Waals surface area contributed by atoms with E-state index in [1.54, 1.807) is 7.11 Å². The van der Waals surface area contributed by atoms with Crippen LogP contribution in [0.2, 0.25) is 0 Å². The van der Waals surface area contributed by atoms with Crippen LogP contribution in [0, 0.1) is 0 Å². The highest BCUT2D eigenvalue weighted by molar-refractivity contribution is 5.85.